The van der Waals surface area contributed by atoms with Crippen molar-refractivity contribution >= 4 is 17.1 Å². The van der Waals surface area contributed by atoms with E-state index in [0.29, 0.717) is 0 Å². The van der Waals surface area contributed by atoms with Gasteiger partial charge in [-0.1, -0.05) is 36.9 Å². The van der Waals surface area contributed by atoms with Crippen molar-refractivity contribution in [2.75, 3.05) is 0 Å². The van der Waals surface area contributed by atoms with Gasteiger partial charge in [0.2, 0.25) is 0 Å². The van der Waals surface area contributed by atoms with Crippen molar-refractivity contribution in [1.29, 1.82) is 0 Å². The predicted octanol–water partition coefficient (Wildman–Crippen LogP) is 4.10. The van der Waals surface area contributed by atoms with Crippen LogP contribution in [0, 0.1) is 0 Å². The Morgan fingerprint density at radius 2 is 1.88 bits per heavy atom. The van der Waals surface area contributed by atoms with Gasteiger partial charge in [0.05, 0.1) is 0 Å². The number of carbonyl (C=O) groups excluding carboxylic acids is 1. The fraction of sp³-hybridized carbons (Fsp3) is 0.133. The third-order valence-electron chi connectivity index (χ3n) is 3.09. The monoisotopic (exact) mass is 240 g/mol. The number of hydrogen-bond acceptors (Lipinski definition) is 2. The first-order valence-electron chi connectivity index (χ1n) is 5.66. The molecular weight excluding hydrogens is 228 g/mol. The van der Waals surface area contributed by atoms with Gasteiger partial charge in [-0.05, 0) is 30.0 Å². The molecule has 3 rings (SSSR count). The Labute approximate surface area is 104 Å². The van der Waals surface area contributed by atoms with E-state index in [-0.39, 0.29) is 5.78 Å². The van der Waals surface area contributed by atoms with Crippen LogP contribution in [0.4, 0.5) is 0 Å². The Kier molecular flexibility index (Phi) is 2.45. The topological polar surface area (TPSA) is 17.1 Å². The summed E-state index contributed by atoms with van der Waals surface area (Å²) < 4.78 is 0. The minimum absolute atomic E-state index is 0.129. The van der Waals surface area contributed by atoms with Crippen molar-refractivity contribution in [3.05, 3.63) is 59.0 Å². The highest BCUT2D eigenvalue weighted by molar-refractivity contribution is 7.16. The SMILES string of the molecule is C=C1CCc2sc(-c3ccccc3)cc2C1=O. The first kappa shape index (κ1) is 10.5. The lowest BCUT2D eigenvalue weighted by Crippen LogP contribution is -2.10. The van der Waals surface area contributed by atoms with E-state index in [1.165, 1.54) is 15.3 Å². The van der Waals surface area contributed by atoms with E-state index in [4.69, 9.17) is 0 Å². The average molecular weight is 240 g/mol. The van der Waals surface area contributed by atoms with Crippen LogP contribution in [0.3, 0.4) is 0 Å². The number of thiophene rings is 1. The molecule has 2 heteroatoms. The maximum atomic E-state index is 12.0. The van der Waals surface area contributed by atoms with Crippen molar-refractivity contribution in [2.24, 2.45) is 0 Å². The Balaban J connectivity index is 2.09. The van der Waals surface area contributed by atoms with Gasteiger partial charge >= 0.3 is 0 Å². The fourth-order valence-corrected chi connectivity index (χ4v) is 3.28. The van der Waals surface area contributed by atoms with Gasteiger partial charge in [0.15, 0.2) is 5.78 Å². The van der Waals surface area contributed by atoms with Crippen LogP contribution in [0.2, 0.25) is 0 Å². The third kappa shape index (κ3) is 1.75. The maximum Gasteiger partial charge on any atom is 0.189 e. The molecule has 0 amide bonds. The second-order valence-corrected chi connectivity index (χ2v) is 5.38. The van der Waals surface area contributed by atoms with Crippen molar-refractivity contribution in [2.45, 2.75) is 12.8 Å². The zero-order valence-electron chi connectivity index (χ0n) is 9.40. The van der Waals surface area contributed by atoms with Crippen LogP contribution < -0.4 is 0 Å². The molecule has 84 valence electrons. The van der Waals surface area contributed by atoms with Gasteiger partial charge in [-0.25, -0.2) is 0 Å². The lowest BCUT2D eigenvalue weighted by atomic mass is 9.93. The molecule has 0 saturated heterocycles. The molecular formula is C15H12OS. The van der Waals surface area contributed by atoms with E-state index >= 15 is 0 Å². The normalized spacial score (nSPS) is 14.8. The first-order chi connectivity index (χ1) is 8.25. The zero-order chi connectivity index (χ0) is 11.8. The smallest absolute Gasteiger partial charge is 0.189 e. The molecule has 17 heavy (non-hydrogen) atoms. The molecule has 1 nitrogen and oxygen atoms in total. The average Bonchev–Trinajstić information content (AvgIpc) is 2.80. The summed E-state index contributed by atoms with van der Waals surface area (Å²) in [6.07, 6.45) is 1.76. The highest BCUT2D eigenvalue weighted by Gasteiger charge is 2.23. The van der Waals surface area contributed by atoms with Gasteiger partial charge in [0.1, 0.15) is 0 Å². The summed E-state index contributed by atoms with van der Waals surface area (Å²) in [4.78, 5) is 14.4. The van der Waals surface area contributed by atoms with Crippen LogP contribution in [0.15, 0.2) is 48.6 Å². The standard InChI is InChI=1S/C15H12OS/c1-10-7-8-13-12(15(10)16)9-14(17-13)11-5-3-2-4-6-11/h2-6,9H,1,7-8H2. The quantitative estimate of drug-likeness (QED) is 0.686. The van der Waals surface area contributed by atoms with E-state index in [1.807, 2.05) is 24.3 Å². The van der Waals surface area contributed by atoms with Gasteiger partial charge in [0.25, 0.3) is 0 Å². The fourth-order valence-electron chi connectivity index (χ4n) is 2.12. The lowest BCUT2D eigenvalue weighted by molar-refractivity contribution is 0.102. The van der Waals surface area contributed by atoms with Gasteiger partial charge in [-0.3, -0.25) is 4.79 Å². The van der Waals surface area contributed by atoms with Crippen LogP contribution in [0.25, 0.3) is 10.4 Å². The van der Waals surface area contributed by atoms with Crippen LogP contribution >= 0.6 is 11.3 Å². The van der Waals surface area contributed by atoms with Gasteiger partial charge in [-0.2, -0.15) is 0 Å². The summed E-state index contributed by atoms with van der Waals surface area (Å²) >= 11 is 1.73. The van der Waals surface area contributed by atoms with E-state index in [1.54, 1.807) is 11.3 Å². The number of ketones is 1. The van der Waals surface area contributed by atoms with Crippen molar-refractivity contribution in [3.63, 3.8) is 0 Å². The number of carbonyl (C=O) groups is 1. The van der Waals surface area contributed by atoms with E-state index in [0.717, 1.165) is 24.0 Å². The number of fused-ring (bicyclic) bond motifs is 1. The minimum atomic E-state index is 0.129. The summed E-state index contributed by atoms with van der Waals surface area (Å²) in [6.45, 7) is 3.83. The molecule has 0 unspecified atom stereocenters. The molecule has 1 aromatic heterocycles. The summed E-state index contributed by atoms with van der Waals surface area (Å²) in [5.74, 6) is 0.129. The molecule has 1 aliphatic rings. The number of rotatable bonds is 1. The van der Waals surface area contributed by atoms with E-state index < -0.39 is 0 Å². The summed E-state index contributed by atoms with van der Waals surface area (Å²) in [5, 5.41) is 0. The molecule has 0 atom stereocenters. The van der Waals surface area contributed by atoms with Crippen LogP contribution in [-0.4, -0.2) is 5.78 Å². The summed E-state index contributed by atoms with van der Waals surface area (Å²) in [7, 11) is 0. The molecule has 0 saturated carbocycles. The number of hydrogen-bond donors (Lipinski definition) is 0. The summed E-state index contributed by atoms with van der Waals surface area (Å²) in [5.41, 5.74) is 2.80. The Hall–Kier alpha value is -1.67. The lowest BCUT2D eigenvalue weighted by Gasteiger charge is -2.10. The van der Waals surface area contributed by atoms with Crippen molar-refractivity contribution < 1.29 is 4.79 Å². The molecule has 1 heterocycles. The Morgan fingerprint density at radius 1 is 1.12 bits per heavy atom. The highest BCUT2D eigenvalue weighted by Crippen LogP contribution is 2.36. The van der Waals surface area contributed by atoms with E-state index in [9.17, 15) is 4.79 Å². The van der Waals surface area contributed by atoms with Crippen molar-refractivity contribution in [3.8, 4) is 10.4 Å². The largest absolute Gasteiger partial charge is 0.289 e. The second-order valence-electron chi connectivity index (χ2n) is 4.25. The minimum Gasteiger partial charge on any atom is -0.289 e. The zero-order valence-corrected chi connectivity index (χ0v) is 10.2. The number of aryl methyl sites for hydroxylation is 1. The van der Waals surface area contributed by atoms with Gasteiger partial charge in [-0.15, -0.1) is 11.3 Å². The molecule has 0 N–H and O–H groups in total. The molecule has 0 aliphatic heterocycles. The van der Waals surface area contributed by atoms with E-state index in [2.05, 4.69) is 18.7 Å². The molecule has 0 spiro atoms. The van der Waals surface area contributed by atoms with Gasteiger partial charge in [0, 0.05) is 15.3 Å². The molecule has 0 radical (unpaired) electrons. The predicted molar refractivity (Wildman–Crippen MR) is 71.5 cm³/mol. The molecule has 1 aliphatic carbocycles. The molecule has 2 aromatic rings. The van der Waals surface area contributed by atoms with Gasteiger partial charge < -0.3 is 0 Å². The summed E-state index contributed by atoms with van der Waals surface area (Å²) in [6, 6.07) is 12.2. The number of allylic oxidation sites excluding steroid dienone is 1. The maximum absolute atomic E-state index is 12.0. The molecule has 0 bridgehead atoms. The highest BCUT2D eigenvalue weighted by atomic mass is 32.1. The third-order valence-corrected chi connectivity index (χ3v) is 4.33. The first-order valence-corrected chi connectivity index (χ1v) is 6.48. The molecule has 0 fully saturated rings. The van der Waals surface area contributed by atoms with Crippen LogP contribution in [-0.2, 0) is 6.42 Å². The number of benzene rings is 1. The number of Topliss-reactive ketones (excluding diaryl/α,β-unsaturated/α-hetero) is 1. The Morgan fingerprint density at radius 3 is 2.65 bits per heavy atom. The van der Waals surface area contributed by atoms with Crippen LogP contribution in [0.1, 0.15) is 21.7 Å². The van der Waals surface area contributed by atoms with Crippen molar-refractivity contribution in [1.82, 2.24) is 0 Å². The molecule has 1 aromatic carbocycles. The second kappa shape index (κ2) is 3.97. The van der Waals surface area contributed by atoms with Crippen LogP contribution in [0.5, 0.6) is 0 Å². The Bertz CT molecular complexity index is 593.